The first-order valence-electron chi connectivity index (χ1n) is 7.68. The molecule has 27 heavy (non-hydrogen) atoms. The van der Waals surface area contributed by atoms with E-state index in [9.17, 15) is 18.0 Å². The van der Waals surface area contributed by atoms with Crippen LogP contribution in [0.3, 0.4) is 0 Å². The summed E-state index contributed by atoms with van der Waals surface area (Å²) in [6, 6.07) is 4.61. The Morgan fingerprint density at radius 3 is 2.52 bits per heavy atom. The maximum atomic E-state index is 13.2. The van der Waals surface area contributed by atoms with Crippen LogP contribution in [0.5, 0.6) is 0 Å². The van der Waals surface area contributed by atoms with Gasteiger partial charge in [-0.2, -0.15) is 18.2 Å². The Hall–Kier alpha value is -2.26. The number of hydrogen-bond acceptors (Lipinski definition) is 5. The van der Waals surface area contributed by atoms with Gasteiger partial charge in [0.15, 0.2) is 0 Å². The lowest BCUT2D eigenvalue weighted by Gasteiger charge is -2.15. The summed E-state index contributed by atoms with van der Waals surface area (Å²) in [5.74, 6) is -0.714. The molecule has 1 heterocycles. The Balaban J connectivity index is 2.22. The number of nitrogens with zero attached hydrogens (tertiary/aromatic N) is 3. The third kappa shape index (κ3) is 5.86. The summed E-state index contributed by atoms with van der Waals surface area (Å²) >= 11 is 11.7. The molecule has 0 unspecified atom stereocenters. The van der Waals surface area contributed by atoms with Crippen LogP contribution in [0.1, 0.15) is 12.0 Å². The van der Waals surface area contributed by atoms with Crippen LogP contribution >= 0.6 is 23.2 Å². The zero-order chi connectivity index (χ0) is 20.2. The van der Waals surface area contributed by atoms with Crippen molar-refractivity contribution >= 4 is 46.6 Å². The van der Waals surface area contributed by atoms with E-state index >= 15 is 0 Å². The summed E-state index contributed by atoms with van der Waals surface area (Å²) in [6.07, 6.45) is -3.96. The number of nitrogens with one attached hydrogen (secondary N) is 2. The van der Waals surface area contributed by atoms with E-state index < -0.39 is 17.6 Å². The zero-order valence-corrected chi connectivity index (χ0v) is 15.9. The lowest BCUT2D eigenvalue weighted by molar-refractivity contribution is -0.137. The third-order valence-corrected chi connectivity index (χ3v) is 4.14. The summed E-state index contributed by atoms with van der Waals surface area (Å²) in [5.41, 5.74) is -0.572. The lowest BCUT2D eigenvalue weighted by atomic mass is 10.3. The van der Waals surface area contributed by atoms with Gasteiger partial charge in [-0.3, -0.25) is 4.79 Å². The Morgan fingerprint density at radius 2 is 1.93 bits per heavy atom. The van der Waals surface area contributed by atoms with Crippen molar-refractivity contribution in [1.29, 1.82) is 0 Å². The van der Waals surface area contributed by atoms with E-state index in [0.717, 1.165) is 0 Å². The van der Waals surface area contributed by atoms with Crippen molar-refractivity contribution in [2.75, 3.05) is 31.3 Å². The van der Waals surface area contributed by atoms with E-state index in [1.54, 1.807) is 20.2 Å². The van der Waals surface area contributed by atoms with Crippen LogP contribution in [-0.4, -0.2) is 41.4 Å². The first-order chi connectivity index (χ1) is 12.6. The van der Waals surface area contributed by atoms with Gasteiger partial charge >= 0.3 is 6.18 Å². The maximum Gasteiger partial charge on any atom is 0.421 e. The van der Waals surface area contributed by atoms with Crippen molar-refractivity contribution in [3.05, 3.63) is 40.0 Å². The Labute approximate surface area is 163 Å². The Bertz CT molecular complexity index is 830. The molecule has 0 radical (unpaired) electrons. The molecule has 0 bridgehead atoms. The largest absolute Gasteiger partial charge is 0.421 e. The first-order valence-corrected chi connectivity index (χ1v) is 8.44. The van der Waals surface area contributed by atoms with E-state index in [1.165, 1.54) is 17.0 Å². The van der Waals surface area contributed by atoms with E-state index in [4.69, 9.17) is 23.2 Å². The number of rotatable bonds is 6. The van der Waals surface area contributed by atoms with Gasteiger partial charge in [-0.15, -0.1) is 0 Å². The number of aromatic nitrogens is 2. The fraction of sp³-hybridized carbons (Fsp3) is 0.312. The number of carbonyl (C=O) groups is 1. The molecule has 0 aliphatic rings. The van der Waals surface area contributed by atoms with Crippen LogP contribution in [-0.2, 0) is 11.0 Å². The number of anilines is 3. The predicted molar refractivity (Wildman–Crippen MR) is 98.6 cm³/mol. The van der Waals surface area contributed by atoms with Crippen molar-refractivity contribution in [3.8, 4) is 0 Å². The van der Waals surface area contributed by atoms with Crippen molar-refractivity contribution in [2.45, 2.75) is 12.6 Å². The quantitative estimate of drug-likeness (QED) is 0.721. The number of amides is 1. The van der Waals surface area contributed by atoms with E-state index in [-0.39, 0.29) is 29.8 Å². The monoisotopic (exact) mass is 421 g/mol. The fourth-order valence-corrected chi connectivity index (χ4v) is 2.30. The van der Waals surface area contributed by atoms with Gasteiger partial charge in [0, 0.05) is 38.9 Å². The van der Waals surface area contributed by atoms with Gasteiger partial charge in [0.25, 0.3) is 0 Å². The summed E-state index contributed by atoms with van der Waals surface area (Å²) in [5, 5.41) is 5.92. The standard InChI is InChI=1S/C16H16Cl2F3N5O/c1-26(2)13(27)5-6-22-14-10(16(19,20)21)8-23-15(25-14)24-9-3-4-11(17)12(18)7-9/h3-4,7-8H,5-6H2,1-2H3,(H2,22,23,24,25). The van der Waals surface area contributed by atoms with Crippen LogP contribution in [0.4, 0.5) is 30.6 Å². The molecule has 1 amide bonds. The van der Waals surface area contributed by atoms with Crippen molar-refractivity contribution in [1.82, 2.24) is 14.9 Å². The maximum absolute atomic E-state index is 13.2. The summed E-state index contributed by atoms with van der Waals surface area (Å²) in [6.45, 7) is -0.0106. The molecule has 0 saturated carbocycles. The van der Waals surface area contributed by atoms with Gasteiger partial charge in [0.1, 0.15) is 11.4 Å². The molecule has 6 nitrogen and oxygen atoms in total. The zero-order valence-electron chi connectivity index (χ0n) is 14.4. The Morgan fingerprint density at radius 1 is 1.22 bits per heavy atom. The number of carbonyl (C=O) groups excluding carboxylic acids is 1. The van der Waals surface area contributed by atoms with Crippen LogP contribution in [0.15, 0.2) is 24.4 Å². The van der Waals surface area contributed by atoms with E-state index in [2.05, 4.69) is 20.6 Å². The second-order valence-electron chi connectivity index (χ2n) is 5.67. The minimum absolute atomic E-state index is 0.0106. The molecule has 0 aliphatic carbocycles. The molecule has 146 valence electrons. The van der Waals surface area contributed by atoms with Crippen molar-refractivity contribution < 1.29 is 18.0 Å². The topological polar surface area (TPSA) is 70.2 Å². The van der Waals surface area contributed by atoms with Gasteiger partial charge in [0.05, 0.1) is 10.0 Å². The highest BCUT2D eigenvalue weighted by Crippen LogP contribution is 2.34. The third-order valence-electron chi connectivity index (χ3n) is 3.40. The molecule has 2 rings (SSSR count). The average Bonchev–Trinajstić information content (AvgIpc) is 2.57. The van der Waals surface area contributed by atoms with Gasteiger partial charge in [-0.1, -0.05) is 23.2 Å². The van der Waals surface area contributed by atoms with Gasteiger partial charge in [-0.05, 0) is 18.2 Å². The lowest BCUT2D eigenvalue weighted by Crippen LogP contribution is -2.24. The Kier molecular flexibility index (Phi) is 6.72. The number of benzene rings is 1. The fourth-order valence-electron chi connectivity index (χ4n) is 2.00. The molecule has 0 spiro atoms. The van der Waals surface area contributed by atoms with E-state index in [0.29, 0.717) is 16.9 Å². The minimum Gasteiger partial charge on any atom is -0.369 e. The molecular weight excluding hydrogens is 406 g/mol. The molecule has 0 fully saturated rings. The summed E-state index contributed by atoms with van der Waals surface area (Å²) < 4.78 is 39.5. The average molecular weight is 422 g/mol. The molecule has 1 aromatic carbocycles. The predicted octanol–water partition coefficient (Wildman–Crippen LogP) is 4.44. The highest BCUT2D eigenvalue weighted by Gasteiger charge is 2.35. The smallest absolute Gasteiger partial charge is 0.369 e. The van der Waals surface area contributed by atoms with Crippen LogP contribution < -0.4 is 10.6 Å². The first kappa shape index (κ1) is 21.0. The van der Waals surface area contributed by atoms with Crippen LogP contribution in [0, 0.1) is 0 Å². The number of hydrogen-bond donors (Lipinski definition) is 2. The highest BCUT2D eigenvalue weighted by molar-refractivity contribution is 6.42. The number of alkyl halides is 3. The second kappa shape index (κ2) is 8.62. The van der Waals surface area contributed by atoms with Crippen LogP contribution in [0.2, 0.25) is 10.0 Å². The molecule has 0 atom stereocenters. The second-order valence-corrected chi connectivity index (χ2v) is 6.49. The van der Waals surface area contributed by atoms with Gasteiger partial charge in [-0.25, -0.2) is 4.98 Å². The van der Waals surface area contributed by atoms with Gasteiger partial charge < -0.3 is 15.5 Å². The molecule has 0 aliphatic heterocycles. The molecule has 2 N–H and O–H groups in total. The molecule has 1 aromatic heterocycles. The summed E-state index contributed by atoms with van der Waals surface area (Å²) in [4.78, 5) is 20.5. The highest BCUT2D eigenvalue weighted by atomic mass is 35.5. The van der Waals surface area contributed by atoms with Crippen molar-refractivity contribution in [2.24, 2.45) is 0 Å². The van der Waals surface area contributed by atoms with Crippen molar-refractivity contribution in [3.63, 3.8) is 0 Å². The molecule has 11 heteroatoms. The molecule has 0 saturated heterocycles. The van der Waals surface area contributed by atoms with E-state index in [1.807, 2.05) is 0 Å². The molecule has 2 aromatic rings. The normalized spacial score (nSPS) is 11.2. The van der Waals surface area contributed by atoms with Crippen LogP contribution in [0.25, 0.3) is 0 Å². The molecular formula is C16H16Cl2F3N5O. The summed E-state index contributed by atoms with van der Waals surface area (Å²) in [7, 11) is 3.13. The SMILES string of the molecule is CN(C)C(=O)CCNc1nc(Nc2ccc(Cl)c(Cl)c2)ncc1C(F)(F)F. The van der Waals surface area contributed by atoms with Gasteiger partial charge in [0.2, 0.25) is 11.9 Å². The number of halogens is 5. The minimum atomic E-state index is -4.64.